The summed E-state index contributed by atoms with van der Waals surface area (Å²) in [6, 6.07) is 0.163. The summed E-state index contributed by atoms with van der Waals surface area (Å²) in [5.41, 5.74) is 1.29. The average molecular weight is 308 g/mol. The standard InChI is InChI=1S/C10H11BrN2S.ClH/c1-6-9(10(11)7(2)14-6)8-3-4-12-5-13-8;/h3-5,8H,1-2H3,(H,12,13);1H. The van der Waals surface area contributed by atoms with E-state index in [4.69, 9.17) is 0 Å². The fourth-order valence-electron chi connectivity index (χ4n) is 1.55. The summed E-state index contributed by atoms with van der Waals surface area (Å²) in [5.74, 6) is 0. The lowest BCUT2D eigenvalue weighted by molar-refractivity contribution is 0.876. The van der Waals surface area contributed by atoms with Crippen LogP contribution < -0.4 is 5.32 Å². The predicted octanol–water partition coefficient (Wildman–Crippen LogP) is 3.74. The number of halogens is 2. The molecule has 1 atom stereocenters. The van der Waals surface area contributed by atoms with Crippen molar-refractivity contribution >= 4 is 46.0 Å². The molecule has 2 rings (SSSR count). The molecule has 82 valence electrons. The topological polar surface area (TPSA) is 24.4 Å². The van der Waals surface area contributed by atoms with Gasteiger partial charge in [-0.15, -0.1) is 23.7 Å². The molecule has 15 heavy (non-hydrogen) atoms. The zero-order valence-corrected chi connectivity index (χ0v) is 11.7. The lowest BCUT2D eigenvalue weighted by Gasteiger charge is -2.11. The highest BCUT2D eigenvalue weighted by atomic mass is 79.9. The number of aryl methyl sites for hydroxylation is 2. The molecule has 2 nitrogen and oxygen atoms in total. The molecule has 0 fully saturated rings. The van der Waals surface area contributed by atoms with Gasteiger partial charge in [0, 0.05) is 26.0 Å². The summed E-state index contributed by atoms with van der Waals surface area (Å²) in [6.07, 6.45) is 5.74. The smallest absolute Gasteiger partial charge is 0.0986 e. The van der Waals surface area contributed by atoms with E-state index in [1.807, 2.05) is 17.5 Å². The molecule has 0 spiro atoms. The molecule has 0 saturated carbocycles. The van der Waals surface area contributed by atoms with Crippen LogP contribution in [0.25, 0.3) is 0 Å². The third-order valence-electron chi connectivity index (χ3n) is 2.21. The molecular weight excluding hydrogens is 296 g/mol. The van der Waals surface area contributed by atoms with Gasteiger partial charge in [0.2, 0.25) is 0 Å². The van der Waals surface area contributed by atoms with Crippen molar-refractivity contribution in [2.24, 2.45) is 4.99 Å². The monoisotopic (exact) mass is 306 g/mol. The van der Waals surface area contributed by atoms with Gasteiger partial charge in [-0.3, -0.25) is 4.99 Å². The van der Waals surface area contributed by atoms with Crippen LogP contribution >= 0.6 is 39.7 Å². The van der Waals surface area contributed by atoms with Crippen LogP contribution in [-0.4, -0.2) is 6.34 Å². The number of hydrogen-bond acceptors (Lipinski definition) is 3. The Labute approximate surface area is 108 Å². The fourth-order valence-corrected chi connectivity index (χ4v) is 3.44. The van der Waals surface area contributed by atoms with Crippen LogP contribution in [0.2, 0.25) is 0 Å². The second-order valence-corrected chi connectivity index (χ2v) is 5.41. The van der Waals surface area contributed by atoms with Gasteiger partial charge in [0.15, 0.2) is 0 Å². The molecule has 1 aliphatic rings. The van der Waals surface area contributed by atoms with Crippen LogP contribution in [0.3, 0.4) is 0 Å². The van der Waals surface area contributed by atoms with Crippen LogP contribution in [0.4, 0.5) is 0 Å². The SMILES string of the molecule is Cc1sc(C)c(C2C=CNC=N2)c1Br.Cl. The molecular formula is C10H12BrClN2S. The van der Waals surface area contributed by atoms with E-state index in [1.54, 1.807) is 6.34 Å². The summed E-state index contributed by atoms with van der Waals surface area (Å²) in [5, 5.41) is 2.95. The maximum atomic E-state index is 4.39. The molecule has 1 N–H and O–H groups in total. The normalized spacial score (nSPS) is 18.5. The van der Waals surface area contributed by atoms with Gasteiger partial charge in [0.1, 0.15) is 0 Å². The summed E-state index contributed by atoms with van der Waals surface area (Å²) in [4.78, 5) is 7.04. The number of thiophene rings is 1. The first-order chi connectivity index (χ1) is 6.70. The average Bonchev–Trinajstić information content (AvgIpc) is 2.43. The Hall–Kier alpha value is -0.320. The highest BCUT2D eigenvalue weighted by Gasteiger charge is 2.18. The lowest BCUT2D eigenvalue weighted by Crippen LogP contribution is -2.09. The van der Waals surface area contributed by atoms with Gasteiger partial charge in [0.05, 0.1) is 12.4 Å². The van der Waals surface area contributed by atoms with Crippen molar-refractivity contribution in [1.29, 1.82) is 0 Å². The third-order valence-corrected chi connectivity index (χ3v) is 4.53. The summed E-state index contributed by atoms with van der Waals surface area (Å²) in [7, 11) is 0. The second-order valence-electron chi connectivity index (χ2n) is 3.19. The molecule has 1 aromatic rings. The van der Waals surface area contributed by atoms with E-state index in [2.05, 4.69) is 46.2 Å². The first-order valence-electron chi connectivity index (χ1n) is 4.40. The van der Waals surface area contributed by atoms with Gasteiger partial charge >= 0.3 is 0 Å². The van der Waals surface area contributed by atoms with Gasteiger partial charge < -0.3 is 5.32 Å². The molecule has 0 amide bonds. The van der Waals surface area contributed by atoms with Gasteiger partial charge in [-0.25, -0.2) is 0 Å². The number of hydrogen-bond donors (Lipinski definition) is 1. The van der Waals surface area contributed by atoms with Crippen molar-refractivity contribution in [2.75, 3.05) is 0 Å². The second kappa shape index (κ2) is 5.14. The third kappa shape index (κ3) is 2.44. The quantitative estimate of drug-likeness (QED) is 0.840. The number of aliphatic imine (C=N–C) groups is 1. The van der Waals surface area contributed by atoms with E-state index in [9.17, 15) is 0 Å². The Morgan fingerprint density at radius 2 is 2.13 bits per heavy atom. The first kappa shape index (κ1) is 12.7. The summed E-state index contributed by atoms with van der Waals surface area (Å²) in [6.45, 7) is 4.27. The van der Waals surface area contributed by atoms with Crippen LogP contribution in [0, 0.1) is 13.8 Å². The Kier molecular flexibility index (Phi) is 4.37. The Balaban J connectivity index is 0.00000112. The molecule has 2 heterocycles. The summed E-state index contributed by atoms with van der Waals surface area (Å²) >= 11 is 5.43. The molecule has 0 aliphatic carbocycles. The molecule has 0 bridgehead atoms. The molecule has 0 aromatic carbocycles. The molecule has 0 saturated heterocycles. The Morgan fingerprint density at radius 3 is 2.60 bits per heavy atom. The van der Waals surface area contributed by atoms with Crippen molar-refractivity contribution in [1.82, 2.24) is 5.32 Å². The van der Waals surface area contributed by atoms with Crippen LogP contribution in [0.15, 0.2) is 21.7 Å². The Morgan fingerprint density at radius 1 is 1.40 bits per heavy atom. The van der Waals surface area contributed by atoms with Crippen molar-refractivity contribution < 1.29 is 0 Å². The number of nitrogens with zero attached hydrogens (tertiary/aromatic N) is 1. The zero-order chi connectivity index (χ0) is 10.1. The molecule has 1 aliphatic heterocycles. The highest BCUT2D eigenvalue weighted by Crippen LogP contribution is 2.38. The van der Waals surface area contributed by atoms with E-state index >= 15 is 0 Å². The predicted molar refractivity (Wildman–Crippen MR) is 72.2 cm³/mol. The van der Waals surface area contributed by atoms with Gasteiger partial charge in [-0.2, -0.15) is 0 Å². The van der Waals surface area contributed by atoms with E-state index in [0.29, 0.717) is 0 Å². The minimum atomic E-state index is 0. The Bertz CT molecular complexity index is 400. The minimum Gasteiger partial charge on any atom is -0.353 e. The van der Waals surface area contributed by atoms with E-state index < -0.39 is 0 Å². The molecule has 5 heteroatoms. The highest BCUT2D eigenvalue weighted by molar-refractivity contribution is 9.10. The largest absolute Gasteiger partial charge is 0.353 e. The minimum absolute atomic E-state index is 0. The zero-order valence-electron chi connectivity index (χ0n) is 8.45. The number of nitrogens with one attached hydrogen (secondary N) is 1. The van der Waals surface area contributed by atoms with Gasteiger partial charge in [0.25, 0.3) is 0 Å². The first-order valence-corrected chi connectivity index (χ1v) is 6.01. The van der Waals surface area contributed by atoms with Crippen LogP contribution in [0.5, 0.6) is 0 Å². The van der Waals surface area contributed by atoms with Gasteiger partial charge in [-0.1, -0.05) is 0 Å². The molecule has 1 unspecified atom stereocenters. The maximum Gasteiger partial charge on any atom is 0.0986 e. The van der Waals surface area contributed by atoms with Gasteiger partial charge in [-0.05, 0) is 35.9 Å². The lowest BCUT2D eigenvalue weighted by atomic mass is 10.1. The molecule has 1 aromatic heterocycles. The van der Waals surface area contributed by atoms with Crippen molar-refractivity contribution in [3.63, 3.8) is 0 Å². The fraction of sp³-hybridized carbons (Fsp3) is 0.300. The van der Waals surface area contributed by atoms with Crippen LogP contribution in [0.1, 0.15) is 21.4 Å². The van der Waals surface area contributed by atoms with E-state index in [0.717, 1.165) is 0 Å². The van der Waals surface area contributed by atoms with Crippen molar-refractivity contribution in [3.8, 4) is 0 Å². The van der Waals surface area contributed by atoms with Crippen LogP contribution in [-0.2, 0) is 0 Å². The van der Waals surface area contributed by atoms with Crippen molar-refractivity contribution in [2.45, 2.75) is 19.9 Å². The maximum absolute atomic E-state index is 4.39. The number of rotatable bonds is 1. The van der Waals surface area contributed by atoms with E-state index in [-0.39, 0.29) is 18.4 Å². The molecule has 0 radical (unpaired) electrons. The summed E-state index contributed by atoms with van der Waals surface area (Å²) < 4.78 is 1.20. The van der Waals surface area contributed by atoms with E-state index in [1.165, 1.54) is 19.8 Å². The van der Waals surface area contributed by atoms with Crippen molar-refractivity contribution in [3.05, 3.63) is 32.1 Å².